The van der Waals surface area contributed by atoms with E-state index in [1.165, 1.54) is 48.8 Å². The van der Waals surface area contributed by atoms with Crippen molar-refractivity contribution in [2.45, 2.75) is 46.0 Å². The van der Waals surface area contributed by atoms with Crippen LogP contribution in [-0.4, -0.2) is 0 Å². The zero-order valence-electron chi connectivity index (χ0n) is 10.1. The van der Waals surface area contributed by atoms with Gasteiger partial charge in [-0.3, -0.25) is 0 Å². The molecule has 0 heterocycles. The van der Waals surface area contributed by atoms with Crippen molar-refractivity contribution >= 4 is 5.57 Å². The van der Waals surface area contributed by atoms with Gasteiger partial charge in [0.2, 0.25) is 0 Å². The van der Waals surface area contributed by atoms with E-state index in [2.05, 4.69) is 44.7 Å². The second-order valence-corrected chi connectivity index (χ2v) is 4.25. The van der Waals surface area contributed by atoms with Crippen LogP contribution in [0.3, 0.4) is 0 Å². The zero-order valence-corrected chi connectivity index (χ0v) is 10.1. The predicted octanol–water partition coefficient (Wildman–Crippen LogP) is 4.84. The number of unbranched alkanes of at least 4 members (excludes halogenated alkanes) is 3. The Bertz CT molecular complexity index is 310. The van der Waals surface area contributed by atoms with Crippen LogP contribution in [0.15, 0.2) is 30.8 Å². The van der Waals surface area contributed by atoms with Gasteiger partial charge in [0, 0.05) is 0 Å². The summed E-state index contributed by atoms with van der Waals surface area (Å²) in [6, 6.07) is 8.63. The quantitative estimate of drug-likeness (QED) is 0.579. The molecule has 82 valence electrons. The lowest BCUT2D eigenvalue weighted by Crippen LogP contribution is -1.91. The smallest absolute Gasteiger partial charge is 0.0201 e. The molecule has 0 saturated heterocycles. The van der Waals surface area contributed by atoms with Crippen LogP contribution in [0.1, 0.15) is 50.7 Å². The van der Waals surface area contributed by atoms with Crippen LogP contribution in [0.2, 0.25) is 0 Å². The minimum Gasteiger partial charge on any atom is -0.0955 e. The van der Waals surface area contributed by atoms with Gasteiger partial charge in [-0.2, -0.15) is 0 Å². The summed E-state index contributed by atoms with van der Waals surface area (Å²) in [6.45, 7) is 8.37. The summed E-state index contributed by atoms with van der Waals surface area (Å²) < 4.78 is 0. The third kappa shape index (κ3) is 3.91. The molecule has 0 aliphatic rings. The van der Waals surface area contributed by atoms with Crippen molar-refractivity contribution in [1.82, 2.24) is 0 Å². The molecule has 1 aromatic carbocycles. The minimum atomic E-state index is 1.18. The van der Waals surface area contributed by atoms with E-state index in [9.17, 15) is 0 Å². The third-order valence-electron chi connectivity index (χ3n) is 2.78. The topological polar surface area (TPSA) is 0 Å². The largest absolute Gasteiger partial charge is 0.0955 e. The van der Waals surface area contributed by atoms with Crippen molar-refractivity contribution in [3.8, 4) is 0 Å². The molecule has 0 fully saturated rings. The van der Waals surface area contributed by atoms with Gasteiger partial charge in [-0.25, -0.2) is 0 Å². The van der Waals surface area contributed by atoms with E-state index < -0.39 is 0 Å². The van der Waals surface area contributed by atoms with Gasteiger partial charge >= 0.3 is 0 Å². The number of hydrogen-bond acceptors (Lipinski definition) is 0. The second-order valence-electron chi connectivity index (χ2n) is 4.25. The van der Waals surface area contributed by atoms with E-state index in [0.717, 1.165) is 0 Å². The van der Waals surface area contributed by atoms with Crippen molar-refractivity contribution in [2.24, 2.45) is 0 Å². The summed E-state index contributed by atoms with van der Waals surface area (Å²) >= 11 is 0. The lowest BCUT2D eigenvalue weighted by atomic mass is 9.97. The van der Waals surface area contributed by atoms with Crippen molar-refractivity contribution < 1.29 is 0 Å². The van der Waals surface area contributed by atoms with E-state index in [1.54, 1.807) is 0 Å². The summed E-state index contributed by atoms with van der Waals surface area (Å²) in [5, 5.41) is 0. The Kier molecular flexibility index (Phi) is 5.17. The fraction of sp³-hybridized carbons (Fsp3) is 0.467. The number of allylic oxidation sites excluding steroid dienone is 1. The normalized spacial score (nSPS) is 10.3. The van der Waals surface area contributed by atoms with Crippen LogP contribution in [-0.2, 0) is 6.42 Å². The highest BCUT2D eigenvalue weighted by molar-refractivity contribution is 5.64. The van der Waals surface area contributed by atoms with E-state index in [1.807, 2.05) is 0 Å². The lowest BCUT2D eigenvalue weighted by Gasteiger charge is -2.08. The van der Waals surface area contributed by atoms with Crippen LogP contribution in [0.25, 0.3) is 5.57 Å². The molecule has 0 unspecified atom stereocenters. The maximum atomic E-state index is 4.03. The second kappa shape index (κ2) is 6.44. The Morgan fingerprint density at radius 1 is 1.13 bits per heavy atom. The van der Waals surface area contributed by atoms with Gasteiger partial charge < -0.3 is 0 Å². The first-order chi connectivity index (χ1) is 7.25. The predicted molar refractivity (Wildman–Crippen MR) is 69.0 cm³/mol. The summed E-state index contributed by atoms with van der Waals surface area (Å²) in [5.74, 6) is 0. The minimum absolute atomic E-state index is 1.18. The molecule has 0 N–H and O–H groups in total. The fourth-order valence-electron chi connectivity index (χ4n) is 1.90. The van der Waals surface area contributed by atoms with Crippen molar-refractivity contribution in [3.63, 3.8) is 0 Å². The first kappa shape index (κ1) is 12.0. The van der Waals surface area contributed by atoms with Crippen molar-refractivity contribution in [2.75, 3.05) is 0 Å². The molecule has 0 amide bonds. The number of hydrogen-bond donors (Lipinski definition) is 0. The molecular weight excluding hydrogens is 180 g/mol. The first-order valence-electron chi connectivity index (χ1n) is 5.99. The molecular formula is C15H22. The fourth-order valence-corrected chi connectivity index (χ4v) is 1.90. The van der Waals surface area contributed by atoms with E-state index in [-0.39, 0.29) is 0 Å². The first-order valence-corrected chi connectivity index (χ1v) is 5.99. The highest BCUT2D eigenvalue weighted by Gasteiger charge is 2.01. The number of aryl methyl sites for hydroxylation is 1. The SMILES string of the molecule is C=C(C)c1ccccc1CCCCCC. The average molecular weight is 202 g/mol. The van der Waals surface area contributed by atoms with Gasteiger partial charge in [0.25, 0.3) is 0 Å². The molecule has 0 aromatic heterocycles. The van der Waals surface area contributed by atoms with Gasteiger partial charge in [0.05, 0.1) is 0 Å². The van der Waals surface area contributed by atoms with Crippen molar-refractivity contribution in [1.29, 1.82) is 0 Å². The molecule has 1 rings (SSSR count). The van der Waals surface area contributed by atoms with E-state index in [4.69, 9.17) is 0 Å². The molecule has 0 atom stereocenters. The van der Waals surface area contributed by atoms with Gasteiger partial charge in [0.1, 0.15) is 0 Å². The molecule has 0 spiro atoms. The molecule has 0 aliphatic heterocycles. The number of benzene rings is 1. The molecule has 1 aromatic rings. The maximum absolute atomic E-state index is 4.03. The standard InChI is InChI=1S/C15H22/c1-4-5-6-7-10-14-11-8-9-12-15(14)13(2)3/h8-9,11-12H,2,4-7,10H2,1,3H3. The summed E-state index contributed by atoms with van der Waals surface area (Å²) in [7, 11) is 0. The van der Waals surface area contributed by atoms with Crippen LogP contribution < -0.4 is 0 Å². The third-order valence-corrected chi connectivity index (χ3v) is 2.78. The Labute approximate surface area is 94.0 Å². The van der Waals surface area contributed by atoms with Crippen LogP contribution in [0.4, 0.5) is 0 Å². The van der Waals surface area contributed by atoms with Gasteiger partial charge in [0.15, 0.2) is 0 Å². The highest BCUT2D eigenvalue weighted by atomic mass is 14.1. The molecule has 0 aliphatic carbocycles. The molecule has 0 bridgehead atoms. The van der Waals surface area contributed by atoms with E-state index >= 15 is 0 Å². The Morgan fingerprint density at radius 3 is 2.53 bits per heavy atom. The van der Waals surface area contributed by atoms with Crippen LogP contribution in [0, 0.1) is 0 Å². The van der Waals surface area contributed by atoms with Crippen molar-refractivity contribution in [3.05, 3.63) is 42.0 Å². The summed E-state index contributed by atoms with van der Waals surface area (Å²) in [4.78, 5) is 0. The van der Waals surface area contributed by atoms with Crippen LogP contribution >= 0.6 is 0 Å². The zero-order chi connectivity index (χ0) is 11.1. The maximum Gasteiger partial charge on any atom is -0.0201 e. The summed E-state index contributed by atoms with van der Waals surface area (Å²) in [6.07, 6.45) is 6.51. The average Bonchev–Trinajstić information content (AvgIpc) is 2.25. The molecule has 0 nitrogen and oxygen atoms in total. The van der Waals surface area contributed by atoms with Gasteiger partial charge in [-0.1, -0.05) is 62.6 Å². The lowest BCUT2D eigenvalue weighted by molar-refractivity contribution is 0.666. The Balaban J connectivity index is 2.56. The molecule has 0 radical (unpaired) electrons. The summed E-state index contributed by atoms with van der Waals surface area (Å²) in [5.41, 5.74) is 3.98. The van der Waals surface area contributed by atoms with E-state index in [0.29, 0.717) is 0 Å². The molecule has 15 heavy (non-hydrogen) atoms. The molecule has 0 saturated carbocycles. The molecule has 0 heteroatoms. The van der Waals surface area contributed by atoms with Crippen LogP contribution in [0.5, 0.6) is 0 Å². The number of rotatable bonds is 6. The Morgan fingerprint density at radius 2 is 1.87 bits per heavy atom. The monoisotopic (exact) mass is 202 g/mol. The van der Waals surface area contributed by atoms with Gasteiger partial charge in [-0.05, 0) is 30.9 Å². The highest BCUT2D eigenvalue weighted by Crippen LogP contribution is 2.19. The van der Waals surface area contributed by atoms with Gasteiger partial charge in [-0.15, -0.1) is 0 Å². The Hall–Kier alpha value is -1.04.